The van der Waals surface area contributed by atoms with Crippen LogP contribution in [0.4, 0.5) is 0 Å². The summed E-state index contributed by atoms with van der Waals surface area (Å²) in [6, 6.07) is 0. The van der Waals surface area contributed by atoms with E-state index in [1.165, 1.54) is 6.08 Å². The van der Waals surface area contributed by atoms with E-state index in [2.05, 4.69) is 6.58 Å². The molecule has 2 fully saturated rings. The number of carbonyl (C=O) groups excluding carboxylic acids is 2. The topological polar surface area (TPSA) is 106 Å². The SMILES string of the molecule is C=C1C(=O)OC2C1C(OC(=O)C(C)=CCO)C/C(C)=C/CCC1(CO)OC21. The molecule has 7 nitrogen and oxygen atoms in total. The lowest BCUT2D eigenvalue weighted by atomic mass is 9.81. The maximum absolute atomic E-state index is 12.4. The number of hydrogen-bond donors (Lipinski definition) is 2. The molecule has 2 heterocycles. The van der Waals surface area contributed by atoms with Gasteiger partial charge in [-0.3, -0.25) is 0 Å². The van der Waals surface area contributed by atoms with Crippen molar-refractivity contribution in [1.29, 1.82) is 0 Å². The van der Waals surface area contributed by atoms with Crippen LogP contribution in [-0.2, 0) is 23.8 Å². The molecular weight excluding hydrogens is 352 g/mol. The summed E-state index contributed by atoms with van der Waals surface area (Å²) >= 11 is 0. The third-order valence-electron chi connectivity index (χ3n) is 5.61. The van der Waals surface area contributed by atoms with Crippen molar-refractivity contribution in [3.63, 3.8) is 0 Å². The lowest BCUT2D eigenvalue weighted by Crippen LogP contribution is -2.39. The number of aliphatic hydroxyl groups excluding tert-OH is 2. The van der Waals surface area contributed by atoms with Gasteiger partial charge in [-0.25, -0.2) is 9.59 Å². The Morgan fingerprint density at radius 3 is 2.89 bits per heavy atom. The number of epoxide rings is 1. The van der Waals surface area contributed by atoms with Gasteiger partial charge in [-0.2, -0.15) is 0 Å². The molecule has 2 aliphatic heterocycles. The highest BCUT2D eigenvalue weighted by Gasteiger charge is 2.65. The predicted octanol–water partition coefficient (Wildman–Crippen LogP) is 1.19. The second-order valence-corrected chi connectivity index (χ2v) is 7.49. The predicted molar refractivity (Wildman–Crippen MR) is 95.5 cm³/mol. The summed E-state index contributed by atoms with van der Waals surface area (Å²) in [7, 11) is 0. The lowest BCUT2D eigenvalue weighted by molar-refractivity contribution is -0.148. The fourth-order valence-electron chi connectivity index (χ4n) is 3.94. The van der Waals surface area contributed by atoms with E-state index in [1.54, 1.807) is 6.92 Å². The summed E-state index contributed by atoms with van der Waals surface area (Å²) in [5, 5.41) is 18.8. The lowest BCUT2D eigenvalue weighted by Gasteiger charge is -2.28. The standard InChI is InChI=1S/C20H26O7/c1-11-5-4-7-20(10-22)17(27-20)16-15(13(3)19(24)26-16)14(9-11)25-18(23)12(2)6-8-21/h5-6,14-17,21-22H,3-4,7-10H2,1-2H3/b11-5+,12-6?. The first-order chi connectivity index (χ1) is 12.8. The molecule has 5 atom stereocenters. The van der Waals surface area contributed by atoms with Gasteiger partial charge in [0.1, 0.15) is 23.9 Å². The molecule has 0 radical (unpaired) electrons. The van der Waals surface area contributed by atoms with E-state index in [4.69, 9.17) is 19.3 Å². The zero-order valence-corrected chi connectivity index (χ0v) is 15.6. The van der Waals surface area contributed by atoms with E-state index in [1.807, 2.05) is 13.0 Å². The first-order valence-electron chi connectivity index (χ1n) is 9.15. The number of rotatable bonds is 4. The third-order valence-corrected chi connectivity index (χ3v) is 5.61. The van der Waals surface area contributed by atoms with Gasteiger partial charge in [-0.15, -0.1) is 0 Å². The minimum atomic E-state index is -0.733. The number of allylic oxidation sites excluding steroid dienone is 1. The van der Waals surface area contributed by atoms with E-state index in [9.17, 15) is 14.7 Å². The van der Waals surface area contributed by atoms with Gasteiger partial charge in [0.15, 0.2) is 0 Å². The van der Waals surface area contributed by atoms with Crippen LogP contribution in [0.3, 0.4) is 0 Å². The quantitative estimate of drug-likeness (QED) is 0.328. The van der Waals surface area contributed by atoms with Gasteiger partial charge in [0.2, 0.25) is 0 Å². The zero-order valence-electron chi connectivity index (χ0n) is 15.6. The Morgan fingerprint density at radius 2 is 2.22 bits per heavy atom. The minimum absolute atomic E-state index is 0.166. The van der Waals surface area contributed by atoms with Gasteiger partial charge in [-0.1, -0.05) is 18.2 Å². The molecule has 0 spiro atoms. The Labute approximate surface area is 158 Å². The number of esters is 2. The van der Waals surface area contributed by atoms with Crippen molar-refractivity contribution in [3.8, 4) is 0 Å². The Bertz CT molecular complexity index is 707. The summed E-state index contributed by atoms with van der Waals surface area (Å²) < 4.78 is 17.0. The summed E-state index contributed by atoms with van der Waals surface area (Å²) in [4.78, 5) is 24.6. The summed E-state index contributed by atoms with van der Waals surface area (Å²) in [6.45, 7) is 6.92. The number of carbonyl (C=O) groups is 2. The van der Waals surface area contributed by atoms with Gasteiger partial charge in [-0.05, 0) is 32.8 Å². The van der Waals surface area contributed by atoms with Crippen LogP contribution in [0.5, 0.6) is 0 Å². The van der Waals surface area contributed by atoms with Crippen LogP contribution in [0.1, 0.15) is 33.1 Å². The molecular formula is C20H26O7. The largest absolute Gasteiger partial charge is 0.458 e. The van der Waals surface area contributed by atoms with Gasteiger partial charge < -0.3 is 24.4 Å². The molecule has 0 aromatic carbocycles. The van der Waals surface area contributed by atoms with Gasteiger partial charge >= 0.3 is 11.9 Å². The zero-order chi connectivity index (χ0) is 19.8. The molecule has 3 aliphatic rings. The normalized spacial score (nSPS) is 38.2. The van der Waals surface area contributed by atoms with Gasteiger partial charge in [0.05, 0.1) is 19.1 Å². The highest BCUT2D eigenvalue weighted by atomic mass is 16.7. The van der Waals surface area contributed by atoms with E-state index < -0.39 is 41.8 Å². The van der Waals surface area contributed by atoms with Crippen LogP contribution in [0.25, 0.3) is 0 Å². The molecule has 7 heteroatoms. The molecule has 0 aromatic rings. The second kappa shape index (κ2) is 7.58. The van der Waals surface area contributed by atoms with Crippen molar-refractivity contribution in [2.24, 2.45) is 5.92 Å². The van der Waals surface area contributed by atoms with E-state index in [0.717, 1.165) is 5.57 Å². The van der Waals surface area contributed by atoms with Crippen molar-refractivity contribution < 1.29 is 34.0 Å². The smallest absolute Gasteiger partial charge is 0.334 e. The number of ether oxygens (including phenoxy) is 3. The van der Waals surface area contributed by atoms with Crippen LogP contribution >= 0.6 is 0 Å². The first kappa shape index (κ1) is 19.8. The van der Waals surface area contributed by atoms with Crippen molar-refractivity contribution in [2.45, 2.75) is 57.0 Å². The second-order valence-electron chi connectivity index (χ2n) is 7.49. The van der Waals surface area contributed by atoms with Gasteiger partial charge in [0, 0.05) is 17.6 Å². The van der Waals surface area contributed by atoms with Crippen LogP contribution in [0, 0.1) is 5.92 Å². The molecule has 0 aromatic heterocycles. The average Bonchev–Trinajstić information content (AvgIpc) is 3.27. The van der Waals surface area contributed by atoms with Crippen molar-refractivity contribution in [3.05, 3.63) is 35.5 Å². The first-order valence-corrected chi connectivity index (χ1v) is 9.15. The molecule has 27 heavy (non-hydrogen) atoms. The third kappa shape index (κ3) is 3.72. The highest BCUT2D eigenvalue weighted by molar-refractivity contribution is 5.91. The summed E-state index contributed by atoms with van der Waals surface area (Å²) in [5.74, 6) is -1.64. The highest BCUT2D eigenvalue weighted by Crippen LogP contribution is 2.50. The number of fused-ring (bicyclic) bond motifs is 3. The maximum Gasteiger partial charge on any atom is 0.334 e. The van der Waals surface area contributed by atoms with E-state index in [-0.39, 0.29) is 24.4 Å². The number of aliphatic hydroxyl groups is 2. The van der Waals surface area contributed by atoms with E-state index >= 15 is 0 Å². The Kier molecular flexibility index (Phi) is 5.55. The fraction of sp³-hybridized carbons (Fsp3) is 0.600. The summed E-state index contributed by atoms with van der Waals surface area (Å²) in [5.41, 5.74) is 0.812. The van der Waals surface area contributed by atoms with E-state index in [0.29, 0.717) is 19.3 Å². The maximum atomic E-state index is 12.4. The monoisotopic (exact) mass is 378 g/mol. The van der Waals surface area contributed by atoms with Crippen molar-refractivity contribution >= 4 is 11.9 Å². The van der Waals surface area contributed by atoms with Crippen molar-refractivity contribution in [1.82, 2.24) is 0 Å². The fourth-order valence-corrected chi connectivity index (χ4v) is 3.94. The molecule has 2 saturated heterocycles. The van der Waals surface area contributed by atoms with Crippen LogP contribution in [0.15, 0.2) is 35.5 Å². The Balaban J connectivity index is 1.93. The summed E-state index contributed by atoms with van der Waals surface area (Å²) in [6.07, 6.45) is 3.43. The molecule has 0 bridgehead atoms. The van der Waals surface area contributed by atoms with Crippen LogP contribution in [0.2, 0.25) is 0 Å². The molecule has 0 amide bonds. The molecule has 0 saturated carbocycles. The molecule has 1 aliphatic carbocycles. The van der Waals surface area contributed by atoms with Gasteiger partial charge in [0.25, 0.3) is 0 Å². The van der Waals surface area contributed by atoms with Crippen molar-refractivity contribution in [2.75, 3.05) is 13.2 Å². The Hall–Kier alpha value is -1.96. The molecule has 148 valence electrons. The number of hydrogen-bond acceptors (Lipinski definition) is 7. The van der Waals surface area contributed by atoms with Crippen LogP contribution in [-0.4, -0.2) is 59.3 Å². The minimum Gasteiger partial charge on any atom is -0.458 e. The Morgan fingerprint density at radius 1 is 1.48 bits per heavy atom. The molecule has 5 unspecified atom stereocenters. The van der Waals surface area contributed by atoms with Crippen LogP contribution < -0.4 is 0 Å². The molecule has 3 rings (SSSR count). The molecule has 2 N–H and O–H groups in total. The average molecular weight is 378 g/mol.